The number of thioether (sulfide) groups is 1. The van der Waals surface area contributed by atoms with Crippen molar-refractivity contribution in [3.8, 4) is 5.75 Å². The third kappa shape index (κ3) is 3.09. The second-order valence-electron chi connectivity index (χ2n) is 4.93. The molecule has 1 fully saturated rings. The van der Waals surface area contributed by atoms with Crippen LogP contribution in [0.4, 0.5) is 10.5 Å². The second kappa shape index (κ2) is 6.21. The minimum Gasteiger partial charge on any atom is -0.495 e. The number of para-hydroxylation sites is 1. The number of hydrogen-bond acceptors (Lipinski definition) is 6. The van der Waals surface area contributed by atoms with Crippen molar-refractivity contribution in [2.24, 2.45) is 5.73 Å². The lowest BCUT2D eigenvalue weighted by Crippen LogP contribution is -2.22. The molecule has 0 bridgehead atoms. The number of benzene rings is 1. The van der Waals surface area contributed by atoms with Crippen molar-refractivity contribution < 1.29 is 14.3 Å². The lowest BCUT2D eigenvalue weighted by atomic mass is 10.1. The molecule has 2 aliphatic rings. The zero-order valence-electron chi connectivity index (χ0n) is 12.4. The van der Waals surface area contributed by atoms with Crippen LogP contribution < -0.4 is 20.7 Å². The number of methoxy groups -OCH3 is 1. The molecule has 0 atom stereocenters. The summed E-state index contributed by atoms with van der Waals surface area (Å²) in [5, 5.41) is 1.89. The highest BCUT2D eigenvalue weighted by molar-refractivity contribution is 8.18. The molecule has 7 heteroatoms. The van der Waals surface area contributed by atoms with E-state index >= 15 is 0 Å². The van der Waals surface area contributed by atoms with Gasteiger partial charge >= 0.3 is 0 Å². The molecule has 118 valence electrons. The predicted molar refractivity (Wildman–Crippen MR) is 90.9 cm³/mol. The number of nitrogens with two attached hydrogens (primary N) is 1. The van der Waals surface area contributed by atoms with Crippen molar-refractivity contribution in [1.82, 2.24) is 5.32 Å². The Bertz CT molecular complexity index is 768. The van der Waals surface area contributed by atoms with Crippen LogP contribution in [-0.4, -0.2) is 24.8 Å². The van der Waals surface area contributed by atoms with E-state index in [9.17, 15) is 9.59 Å². The Balaban J connectivity index is 2.07. The standard InChI is InChI=1S/C16H15N3O3S/c1-22-12-6-2-4-10(8-13-15(20)18-16(21)23-13)14(12)19-7-3-5-11(17)9-19/h2-6,8-9H,7,17H2,1H3,(H,18,20,21)/b13-8-. The van der Waals surface area contributed by atoms with Crippen molar-refractivity contribution in [3.63, 3.8) is 0 Å². The number of amides is 2. The molecule has 0 aliphatic carbocycles. The Hall–Kier alpha value is -2.67. The van der Waals surface area contributed by atoms with Crippen LogP contribution in [0.5, 0.6) is 5.75 Å². The quantitative estimate of drug-likeness (QED) is 0.827. The molecule has 6 nitrogen and oxygen atoms in total. The molecule has 2 amide bonds. The van der Waals surface area contributed by atoms with Crippen LogP contribution in [0.1, 0.15) is 5.56 Å². The first kappa shape index (κ1) is 15.2. The number of ether oxygens (including phenoxy) is 1. The van der Waals surface area contributed by atoms with Gasteiger partial charge in [0.25, 0.3) is 11.1 Å². The van der Waals surface area contributed by atoms with Gasteiger partial charge in [-0.15, -0.1) is 0 Å². The van der Waals surface area contributed by atoms with E-state index < -0.39 is 0 Å². The zero-order valence-corrected chi connectivity index (χ0v) is 13.2. The summed E-state index contributed by atoms with van der Waals surface area (Å²) in [6.45, 7) is 0.634. The first-order chi connectivity index (χ1) is 11.1. The average molecular weight is 329 g/mol. The molecule has 1 aromatic carbocycles. The summed E-state index contributed by atoms with van der Waals surface area (Å²) in [5.74, 6) is 0.274. The van der Waals surface area contributed by atoms with E-state index in [-0.39, 0.29) is 11.1 Å². The highest BCUT2D eigenvalue weighted by Gasteiger charge is 2.26. The highest BCUT2D eigenvalue weighted by atomic mass is 32.2. The number of imide groups is 1. The summed E-state index contributed by atoms with van der Waals surface area (Å²) in [6, 6.07) is 5.54. The normalized spacial score (nSPS) is 19.1. The van der Waals surface area contributed by atoms with Crippen LogP contribution in [-0.2, 0) is 4.79 Å². The van der Waals surface area contributed by atoms with Gasteiger partial charge in [0.2, 0.25) is 0 Å². The fourth-order valence-corrected chi connectivity index (χ4v) is 3.10. The molecule has 0 saturated carbocycles. The van der Waals surface area contributed by atoms with Gasteiger partial charge in [-0.3, -0.25) is 14.9 Å². The fraction of sp³-hybridized carbons (Fsp3) is 0.125. The van der Waals surface area contributed by atoms with Gasteiger partial charge in [-0.2, -0.15) is 0 Å². The molecule has 1 aromatic rings. The van der Waals surface area contributed by atoms with Gasteiger partial charge in [0.15, 0.2) is 0 Å². The Kier molecular flexibility index (Phi) is 4.12. The summed E-state index contributed by atoms with van der Waals surface area (Å²) in [6.07, 6.45) is 7.28. The molecule has 1 saturated heterocycles. The van der Waals surface area contributed by atoms with E-state index in [1.165, 1.54) is 0 Å². The lowest BCUT2D eigenvalue weighted by Gasteiger charge is -2.26. The van der Waals surface area contributed by atoms with Crippen LogP contribution in [0.3, 0.4) is 0 Å². The molecule has 3 rings (SSSR count). The molecule has 2 heterocycles. The number of hydrogen-bond donors (Lipinski definition) is 2. The number of anilines is 1. The molecule has 0 spiro atoms. The van der Waals surface area contributed by atoms with E-state index in [2.05, 4.69) is 5.32 Å². The van der Waals surface area contributed by atoms with Gasteiger partial charge in [-0.25, -0.2) is 0 Å². The summed E-state index contributed by atoms with van der Waals surface area (Å²) >= 11 is 0.886. The lowest BCUT2D eigenvalue weighted by molar-refractivity contribution is -0.115. The largest absolute Gasteiger partial charge is 0.495 e. The van der Waals surface area contributed by atoms with Crippen molar-refractivity contribution in [2.75, 3.05) is 18.6 Å². The molecule has 0 radical (unpaired) electrons. The zero-order chi connectivity index (χ0) is 16.4. The Morgan fingerprint density at radius 2 is 2.22 bits per heavy atom. The molecule has 23 heavy (non-hydrogen) atoms. The highest BCUT2D eigenvalue weighted by Crippen LogP contribution is 2.36. The minimum absolute atomic E-state index is 0.356. The number of carbonyl (C=O) groups is 2. The van der Waals surface area contributed by atoms with E-state index in [1.54, 1.807) is 13.2 Å². The molecule has 0 unspecified atom stereocenters. The molecular weight excluding hydrogens is 314 g/mol. The number of nitrogens with one attached hydrogen (secondary N) is 1. The van der Waals surface area contributed by atoms with Gasteiger partial charge in [0.05, 0.1) is 17.7 Å². The topological polar surface area (TPSA) is 84.7 Å². The van der Waals surface area contributed by atoms with Crippen LogP contribution in [0.25, 0.3) is 6.08 Å². The Morgan fingerprint density at radius 1 is 1.39 bits per heavy atom. The van der Waals surface area contributed by atoms with Crippen molar-refractivity contribution in [3.05, 3.63) is 52.7 Å². The number of allylic oxidation sites excluding steroid dienone is 1. The van der Waals surface area contributed by atoms with Gasteiger partial charge < -0.3 is 15.4 Å². The molecular formula is C16H15N3O3S. The Labute approximate surface area is 137 Å². The van der Waals surface area contributed by atoms with Gasteiger partial charge in [-0.05, 0) is 30.0 Å². The van der Waals surface area contributed by atoms with Crippen LogP contribution >= 0.6 is 11.8 Å². The third-order valence-electron chi connectivity index (χ3n) is 3.38. The third-order valence-corrected chi connectivity index (χ3v) is 4.19. The molecule has 0 aromatic heterocycles. The van der Waals surface area contributed by atoms with Gasteiger partial charge in [0.1, 0.15) is 5.75 Å². The maximum atomic E-state index is 11.8. The minimum atomic E-state index is -0.387. The smallest absolute Gasteiger partial charge is 0.290 e. The maximum absolute atomic E-state index is 11.8. The van der Waals surface area contributed by atoms with Crippen molar-refractivity contribution >= 4 is 34.7 Å². The molecule has 2 aliphatic heterocycles. The van der Waals surface area contributed by atoms with Crippen molar-refractivity contribution in [1.29, 1.82) is 0 Å². The number of nitrogens with zero attached hydrogens (tertiary/aromatic N) is 1. The second-order valence-corrected chi connectivity index (χ2v) is 5.95. The summed E-state index contributed by atoms with van der Waals surface area (Å²) < 4.78 is 5.45. The molecule has 3 N–H and O–H groups in total. The summed E-state index contributed by atoms with van der Waals surface area (Å²) in [7, 11) is 1.59. The number of rotatable bonds is 3. The van der Waals surface area contributed by atoms with E-state index in [1.807, 2.05) is 41.5 Å². The van der Waals surface area contributed by atoms with Crippen molar-refractivity contribution in [2.45, 2.75) is 0 Å². The van der Waals surface area contributed by atoms with E-state index in [0.717, 1.165) is 23.0 Å². The SMILES string of the molecule is COc1cccc(/C=C2\SC(=O)NC2=O)c1N1C=C(N)C=CC1. The fourth-order valence-electron chi connectivity index (χ4n) is 2.42. The summed E-state index contributed by atoms with van der Waals surface area (Å²) in [4.78, 5) is 25.4. The van der Waals surface area contributed by atoms with Crippen LogP contribution in [0, 0.1) is 0 Å². The first-order valence-corrected chi connectivity index (χ1v) is 7.72. The first-order valence-electron chi connectivity index (χ1n) is 6.91. The maximum Gasteiger partial charge on any atom is 0.290 e. The van der Waals surface area contributed by atoms with Gasteiger partial charge in [0, 0.05) is 24.0 Å². The predicted octanol–water partition coefficient (Wildman–Crippen LogP) is 2.20. The Morgan fingerprint density at radius 3 is 2.87 bits per heavy atom. The number of carbonyl (C=O) groups excluding carboxylic acids is 2. The van der Waals surface area contributed by atoms with Crippen LogP contribution in [0.2, 0.25) is 0 Å². The van der Waals surface area contributed by atoms with E-state index in [4.69, 9.17) is 10.5 Å². The average Bonchev–Trinajstić information content (AvgIpc) is 2.84. The van der Waals surface area contributed by atoms with Gasteiger partial charge in [-0.1, -0.05) is 18.2 Å². The monoisotopic (exact) mass is 329 g/mol. The van der Waals surface area contributed by atoms with Crippen LogP contribution in [0.15, 0.2) is 47.2 Å². The van der Waals surface area contributed by atoms with E-state index in [0.29, 0.717) is 22.9 Å². The summed E-state index contributed by atoms with van der Waals surface area (Å²) in [5.41, 5.74) is 8.07.